The third kappa shape index (κ3) is 3.66. The zero-order chi connectivity index (χ0) is 13.8. The van der Waals surface area contributed by atoms with Crippen LogP contribution in [0.4, 0.5) is 0 Å². The number of rotatable bonds is 5. The minimum Gasteiger partial charge on any atom is -0.329 e. The fourth-order valence-electron chi connectivity index (χ4n) is 2.06. The van der Waals surface area contributed by atoms with Gasteiger partial charge in [-0.3, -0.25) is 0 Å². The predicted octanol–water partition coefficient (Wildman–Crippen LogP) is 4.17. The topological polar surface area (TPSA) is 38.0 Å². The number of benzene rings is 1. The van der Waals surface area contributed by atoms with Crippen molar-refractivity contribution in [3.8, 4) is 0 Å². The molecular weight excluding hydrogens is 320 g/mol. The number of hydrogen-bond acceptors (Lipinski definition) is 3. The van der Waals surface area contributed by atoms with Crippen molar-refractivity contribution >= 4 is 27.3 Å². The van der Waals surface area contributed by atoms with Crippen molar-refractivity contribution in [3.63, 3.8) is 0 Å². The molecule has 0 aliphatic heterocycles. The van der Waals surface area contributed by atoms with Crippen molar-refractivity contribution in [2.45, 2.75) is 25.9 Å². The van der Waals surface area contributed by atoms with Crippen LogP contribution in [0.5, 0.6) is 0 Å². The molecule has 0 bridgehead atoms. The van der Waals surface area contributed by atoms with E-state index in [1.165, 1.54) is 19.8 Å². The monoisotopic (exact) mass is 338 g/mol. The maximum atomic E-state index is 5.92. The lowest BCUT2D eigenvalue weighted by atomic mass is 10.1. The molecule has 0 aliphatic rings. The van der Waals surface area contributed by atoms with E-state index < -0.39 is 0 Å². The quantitative estimate of drug-likeness (QED) is 0.858. The highest BCUT2D eigenvalue weighted by atomic mass is 79.9. The average molecular weight is 339 g/mol. The van der Waals surface area contributed by atoms with Crippen LogP contribution in [0.25, 0.3) is 0 Å². The van der Waals surface area contributed by atoms with E-state index in [0.717, 1.165) is 0 Å². The van der Waals surface area contributed by atoms with Crippen molar-refractivity contribution < 1.29 is 0 Å². The van der Waals surface area contributed by atoms with Crippen LogP contribution in [0.3, 0.4) is 0 Å². The van der Waals surface area contributed by atoms with E-state index in [9.17, 15) is 0 Å². The lowest BCUT2D eigenvalue weighted by molar-refractivity contribution is 0.478. The molecule has 0 saturated carbocycles. The Labute approximate surface area is 127 Å². The van der Waals surface area contributed by atoms with Crippen molar-refractivity contribution in [2.24, 2.45) is 5.73 Å². The highest BCUT2D eigenvalue weighted by Crippen LogP contribution is 2.31. The zero-order valence-corrected chi connectivity index (χ0v) is 13.6. The van der Waals surface area contributed by atoms with Crippen LogP contribution in [-0.4, -0.2) is 6.54 Å². The Hall–Kier alpha value is -0.680. The largest absolute Gasteiger partial charge is 0.329 e. The highest BCUT2D eigenvalue weighted by Gasteiger charge is 2.16. The van der Waals surface area contributed by atoms with Crippen LogP contribution in [-0.2, 0) is 0 Å². The summed E-state index contributed by atoms with van der Waals surface area (Å²) in [7, 11) is 0. The standard InChI is InChI=1S/C15H19BrN2S/c1-10(12-6-4-3-5-7-12)18-14(9-17)15-8-13(16)11(2)19-15/h3-8,10,14,18H,9,17H2,1-2H3. The molecule has 1 aromatic heterocycles. The van der Waals surface area contributed by atoms with Gasteiger partial charge in [0.2, 0.25) is 0 Å². The lowest BCUT2D eigenvalue weighted by Crippen LogP contribution is -2.29. The van der Waals surface area contributed by atoms with Crippen molar-refractivity contribution in [1.29, 1.82) is 0 Å². The van der Waals surface area contributed by atoms with Crippen molar-refractivity contribution in [3.05, 3.63) is 56.2 Å². The summed E-state index contributed by atoms with van der Waals surface area (Å²) in [6.45, 7) is 4.89. The second-order valence-electron chi connectivity index (χ2n) is 4.64. The van der Waals surface area contributed by atoms with Gasteiger partial charge in [0.25, 0.3) is 0 Å². The summed E-state index contributed by atoms with van der Waals surface area (Å²) >= 11 is 5.36. The van der Waals surface area contributed by atoms with Gasteiger partial charge in [-0.1, -0.05) is 30.3 Å². The van der Waals surface area contributed by atoms with Crippen LogP contribution < -0.4 is 11.1 Å². The number of thiophene rings is 1. The summed E-state index contributed by atoms with van der Waals surface area (Å²) in [6.07, 6.45) is 0. The maximum Gasteiger partial charge on any atom is 0.0544 e. The molecule has 2 aromatic rings. The van der Waals surface area contributed by atoms with Gasteiger partial charge in [0.15, 0.2) is 0 Å². The van der Waals surface area contributed by atoms with Gasteiger partial charge < -0.3 is 11.1 Å². The van der Waals surface area contributed by atoms with Gasteiger partial charge in [-0.25, -0.2) is 0 Å². The van der Waals surface area contributed by atoms with E-state index in [2.05, 4.69) is 65.4 Å². The van der Waals surface area contributed by atoms with E-state index in [0.29, 0.717) is 6.54 Å². The Morgan fingerprint density at radius 1 is 1.32 bits per heavy atom. The molecule has 2 rings (SSSR count). The van der Waals surface area contributed by atoms with Gasteiger partial charge in [-0.15, -0.1) is 11.3 Å². The molecular formula is C15H19BrN2S. The Morgan fingerprint density at radius 2 is 2.00 bits per heavy atom. The summed E-state index contributed by atoms with van der Waals surface area (Å²) in [5.74, 6) is 0. The Kier molecular flexibility index (Phi) is 5.16. The number of nitrogens with one attached hydrogen (secondary N) is 1. The molecule has 3 N–H and O–H groups in total. The van der Waals surface area contributed by atoms with Crippen LogP contribution in [0.1, 0.15) is 34.3 Å². The second kappa shape index (κ2) is 6.66. The fraction of sp³-hybridized carbons (Fsp3) is 0.333. The van der Waals surface area contributed by atoms with Crippen molar-refractivity contribution in [2.75, 3.05) is 6.54 Å². The van der Waals surface area contributed by atoms with E-state index >= 15 is 0 Å². The summed E-state index contributed by atoms with van der Waals surface area (Å²) in [5, 5.41) is 3.60. The normalized spacial score (nSPS) is 14.3. The fourth-order valence-corrected chi connectivity index (χ4v) is 3.69. The van der Waals surface area contributed by atoms with Crippen LogP contribution >= 0.6 is 27.3 Å². The number of hydrogen-bond donors (Lipinski definition) is 2. The summed E-state index contributed by atoms with van der Waals surface area (Å²) in [6, 6.07) is 13.1. The SMILES string of the molecule is Cc1sc(C(CN)NC(C)c2ccccc2)cc1Br. The number of aryl methyl sites for hydroxylation is 1. The predicted molar refractivity (Wildman–Crippen MR) is 86.5 cm³/mol. The maximum absolute atomic E-state index is 5.92. The molecule has 2 unspecified atom stereocenters. The Bertz CT molecular complexity index is 505. The molecule has 2 atom stereocenters. The van der Waals surface area contributed by atoms with Gasteiger partial charge in [0.05, 0.1) is 6.04 Å². The van der Waals surface area contributed by atoms with E-state index in [1.54, 1.807) is 11.3 Å². The second-order valence-corrected chi connectivity index (χ2v) is 6.78. The van der Waals surface area contributed by atoms with E-state index in [4.69, 9.17) is 5.73 Å². The van der Waals surface area contributed by atoms with Gasteiger partial charge in [-0.2, -0.15) is 0 Å². The molecule has 4 heteroatoms. The number of halogens is 1. The molecule has 0 aliphatic carbocycles. The third-order valence-corrected chi connectivity index (χ3v) is 5.46. The molecule has 0 radical (unpaired) electrons. The average Bonchev–Trinajstić information content (AvgIpc) is 2.76. The van der Waals surface area contributed by atoms with E-state index in [1.807, 2.05) is 6.07 Å². The number of nitrogens with two attached hydrogens (primary N) is 1. The van der Waals surface area contributed by atoms with Crippen LogP contribution in [0.2, 0.25) is 0 Å². The minimum atomic E-state index is 0.199. The van der Waals surface area contributed by atoms with Gasteiger partial charge in [0.1, 0.15) is 0 Å². The zero-order valence-electron chi connectivity index (χ0n) is 11.2. The molecule has 2 nitrogen and oxygen atoms in total. The molecule has 0 spiro atoms. The molecule has 102 valence electrons. The Morgan fingerprint density at radius 3 is 2.53 bits per heavy atom. The van der Waals surface area contributed by atoms with Crippen LogP contribution in [0, 0.1) is 6.92 Å². The first kappa shape index (κ1) is 14.7. The van der Waals surface area contributed by atoms with Gasteiger partial charge >= 0.3 is 0 Å². The molecule has 0 saturated heterocycles. The Balaban J connectivity index is 2.11. The lowest BCUT2D eigenvalue weighted by Gasteiger charge is -2.21. The van der Waals surface area contributed by atoms with Gasteiger partial charge in [0, 0.05) is 26.8 Å². The molecule has 1 aromatic carbocycles. The molecule has 0 amide bonds. The molecule has 19 heavy (non-hydrogen) atoms. The third-order valence-electron chi connectivity index (χ3n) is 3.21. The molecule has 1 heterocycles. The van der Waals surface area contributed by atoms with E-state index in [-0.39, 0.29) is 12.1 Å². The first-order chi connectivity index (χ1) is 9.11. The first-order valence-corrected chi connectivity index (χ1v) is 7.99. The highest BCUT2D eigenvalue weighted by molar-refractivity contribution is 9.10. The summed E-state index contributed by atoms with van der Waals surface area (Å²) in [5.41, 5.74) is 7.20. The van der Waals surface area contributed by atoms with Gasteiger partial charge in [-0.05, 0) is 41.4 Å². The smallest absolute Gasteiger partial charge is 0.0544 e. The van der Waals surface area contributed by atoms with Crippen molar-refractivity contribution in [1.82, 2.24) is 5.32 Å². The summed E-state index contributed by atoms with van der Waals surface area (Å²) < 4.78 is 1.17. The van der Waals surface area contributed by atoms with Crippen LogP contribution in [0.15, 0.2) is 40.9 Å². The first-order valence-electron chi connectivity index (χ1n) is 6.38. The minimum absolute atomic E-state index is 0.199. The summed E-state index contributed by atoms with van der Waals surface area (Å²) in [4.78, 5) is 2.58. The molecule has 0 fully saturated rings.